The Hall–Kier alpha value is -0.420. The topological polar surface area (TPSA) is 55.1 Å². The number of halogens is 3. The maximum absolute atomic E-state index is 11.8. The van der Waals surface area contributed by atoms with E-state index in [1.807, 2.05) is 0 Å². The van der Waals surface area contributed by atoms with Crippen LogP contribution in [0.3, 0.4) is 0 Å². The van der Waals surface area contributed by atoms with Gasteiger partial charge in [-0.2, -0.15) is 0 Å². The summed E-state index contributed by atoms with van der Waals surface area (Å²) in [4.78, 5) is 11.4. The van der Waals surface area contributed by atoms with Crippen molar-refractivity contribution in [3.8, 4) is 0 Å². The molecule has 1 saturated carbocycles. The van der Waals surface area contributed by atoms with Crippen molar-refractivity contribution in [3.63, 3.8) is 0 Å². The van der Waals surface area contributed by atoms with Crippen LogP contribution in [0.5, 0.6) is 0 Å². The van der Waals surface area contributed by atoms with Crippen LogP contribution in [0, 0.1) is 11.8 Å². The number of amides is 1. The summed E-state index contributed by atoms with van der Waals surface area (Å²) in [6.07, 6.45) is 0.953. The highest BCUT2D eigenvalue weighted by molar-refractivity contribution is 5.85. The molecule has 0 spiro atoms. The number of alkyl halides is 2. The van der Waals surface area contributed by atoms with Gasteiger partial charge in [0.15, 0.2) is 0 Å². The molecule has 1 amide bonds. The molecular formula is C10H19ClF2N2O. The summed E-state index contributed by atoms with van der Waals surface area (Å²) in [6.45, 7) is 0.126. The van der Waals surface area contributed by atoms with Crippen LogP contribution in [-0.4, -0.2) is 25.4 Å². The molecule has 0 aromatic heterocycles. The van der Waals surface area contributed by atoms with E-state index in [0.29, 0.717) is 12.5 Å². The first-order valence-electron chi connectivity index (χ1n) is 5.39. The molecule has 6 heteroatoms. The average Bonchev–Trinajstić information content (AvgIpc) is 2.26. The summed E-state index contributed by atoms with van der Waals surface area (Å²) in [7, 11) is 0. The van der Waals surface area contributed by atoms with Crippen molar-refractivity contribution in [2.45, 2.75) is 32.1 Å². The standard InChI is InChI=1S/C10H18F2N2O.ClH/c11-9(12)6-14-10(15)8-3-1-7(5-13)2-4-8;/h7-9H,1-6,13H2,(H,14,15);1H. The Labute approximate surface area is 101 Å². The largest absolute Gasteiger partial charge is 0.350 e. The lowest BCUT2D eigenvalue weighted by atomic mass is 9.81. The van der Waals surface area contributed by atoms with Crippen LogP contribution in [0.1, 0.15) is 25.7 Å². The van der Waals surface area contributed by atoms with Crippen LogP contribution >= 0.6 is 12.4 Å². The SMILES string of the molecule is Cl.NCC1CCC(C(=O)NCC(F)F)CC1. The maximum atomic E-state index is 11.8. The second-order valence-corrected chi connectivity index (χ2v) is 4.09. The molecule has 0 atom stereocenters. The summed E-state index contributed by atoms with van der Waals surface area (Å²) in [6, 6.07) is 0. The summed E-state index contributed by atoms with van der Waals surface area (Å²) >= 11 is 0. The van der Waals surface area contributed by atoms with Crippen molar-refractivity contribution < 1.29 is 13.6 Å². The zero-order valence-corrected chi connectivity index (χ0v) is 9.94. The van der Waals surface area contributed by atoms with Gasteiger partial charge in [-0.05, 0) is 38.1 Å². The highest BCUT2D eigenvalue weighted by Crippen LogP contribution is 2.28. The molecule has 1 rings (SSSR count). The molecule has 0 aromatic carbocycles. The van der Waals surface area contributed by atoms with E-state index in [1.165, 1.54) is 0 Å². The average molecular weight is 257 g/mol. The maximum Gasteiger partial charge on any atom is 0.255 e. The fourth-order valence-electron chi connectivity index (χ4n) is 1.98. The molecule has 1 fully saturated rings. The van der Waals surface area contributed by atoms with E-state index in [0.717, 1.165) is 25.7 Å². The molecule has 0 aromatic rings. The van der Waals surface area contributed by atoms with Gasteiger partial charge in [-0.25, -0.2) is 8.78 Å². The minimum atomic E-state index is -2.46. The van der Waals surface area contributed by atoms with Gasteiger partial charge in [-0.3, -0.25) is 4.79 Å². The van der Waals surface area contributed by atoms with Crippen molar-refractivity contribution in [1.82, 2.24) is 5.32 Å². The third kappa shape index (κ3) is 5.07. The molecule has 16 heavy (non-hydrogen) atoms. The number of carbonyl (C=O) groups is 1. The van der Waals surface area contributed by atoms with Gasteiger partial charge in [-0.15, -0.1) is 12.4 Å². The molecule has 3 N–H and O–H groups in total. The van der Waals surface area contributed by atoms with E-state index >= 15 is 0 Å². The number of hydrogen-bond donors (Lipinski definition) is 2. The lowest BCUT2D eigenvalue weighted by Gasteiger charge is -2.26. The van der Waals surface area contributed by atoms with Crippen LogP contribution in [0.15, 0.2) is 0 Å². The van der Waals surface area contributed by atoms with Crippen molar-refractivity contribution in [1.29, 1.82) is 0 Å². The van der Waals surface area contributed by atoms with E-state index in [1.54, 1.807) is 0 Å². The lowest BCUT2D eigenvalue weighted by Crippen LogP contribution is -2.36. The van der Waals surface area contributed by atoms with Gasteiger partial charge in [-0.1, -0.05) is 0 Å². The molecule has 0 unspecified atom stereocenters. The van der Waals surface area contributed by atoms with Gasteiger partial charge in [0.2, 0.25) is 5.91 Å². The molecule has 0 saturated heterocycles. The highest BCUT2D eigenvalue weighted by Gasteiger charge is 2.25. The van der Waals surface area contributed by atoms with Crippen molar-refractivity contribution in [2.24, 2.45) is 17.6 Å². The monoisotopic (exact) mass is 256 g/mol. The fraction of sp³-hybridized carbons (Fsp3) is 0.900. The van der Waals surface area contributed by atoms with Gasteiger partial charge in [0.05, 0.1) is 6.54 Å². The lowest BCUT2D eigenvalue weighted by molar-refractivity contribution is -0.126. The molecule has 3 nitrogen and oxygen atoms in total. The quantitative estimate of drug-likeness (QED) is 0.802. The predicted octanol–water partition coefficient (Wildman–Crippen LogP) is 1.55. The zero-order valence-electron chi connectivity index (χ0n) is 9.12. The number of nitrogens with two attached hydrogens (primary N) is 1. The Kier molecular flexibility index (Phi) is 7.58. The third-order valence-corrected chi connectivity index (χ3v) is 2.98. The van der Waals surface area contributed by atoms with Crippen molar-refractivity contribution in [3.05, 3.63) is 0 Å². The number of hydrogen-bond acceptors (Lipinski definition) is 2. The summed E-state index contributed by atoms with van der Waals surface area (Å²) in [5, 5.41) is 2.26. The van der Waals surface area contributed by atoms with Crippen molar-refractivity contribution >= 4 is 18.3 Å². The Balaban J connectivity index is 0.00000225. The fourth-order valence-corrected chi connectivity index (χ4v) is 1.98. The van der Waals surface area contributed by atoms with Crippen molar-refractivity contribution in [2.75, 3.05) is 13.1 Å². The van der Waals surface area contributed by atoms with Gasteiger partial charge in [0, 0.05) is 5.92 Å². The second-order valence-electron chi connectivity index (χ2n) is 4.09. The van der Waals surface area contributed by atoms with E-state index in [4.69, 9.17) is 5.73 Å². The van der Waals surface area contributed by atoms with Crippen LogP contribution in [0.4, 0.5) is 8.78 Å². The van der Waals surface area contributed by atoms with Crippen LogP contribution < -0.4 is 11.1 Å². The minimum Gasteiger partial charge on any atom is -0.350 e. The Morgan fingerprint density at radius 3 is 2.31 bits per heavy atom. The first-order chi connectivity index (χ1) is 7.13. The first kappa shape index (κ1) is 15.6. The first-order valence-corrected chi connectivity index (χ1v) is 5.39. The van der Waals surface area contributed by atoms with E-state index in [9.17, 15) is 13.6 Å². The van der Waals surface area contributed by atoms with Gasteiger partial charge in [0.1, 0.15) is 0 Å². The van der Waals surface area contributed by atoms with Crippen LogP contribution in [0.2, 0.25) is 0 Å². The number of nitrogens with one attached hydrogen (secondary N) is 1. The normalized spacial score (nSPS) is 25.0. The van der Waals surface area contributed by atoms with Crippen LogP contribution in [0.25, 0.3) is 0 Å². The Morgan fingerprint density at radius 1 is 1.31 bits per heavy atom. The molecule has 0 bridgehead atoms. The summed E-state index contributed by atoms with van der Waals surface area (Å²) in [5.74, 6) is 0.182. The van der Waals surface area contributed by atoms with E-state index < -0.39 is 13.0 Å². The van der Waals surface area contributed by atoms with E-state index in [-0.39, 0.29) is 24.2 Å². The Morgan fingerprint density at radius 2 is 1.88 bits per heavy atom. The summed E-state index contributed by atoms with van der Waals surface area (Å²) in [5.41, 5.74) is 5.52. The van der Waals surface area contributed by atoms with E-state index in [2.05, 4.69) is 5.32 Å². The number of carbonyl (C=O) groups excluding carboxylic acids is 1. The minimum absolute atomic E-state index is 0. The van der Waals surface area contributed by atoms with Gasteiger partial charge >= 0.3 is 0 Å². The zero-order chi connectivity index (χ0) is 11.3. The summed E-state index contributed by atoms with van der Waals surface area (Å²) < 4.78 is 23.7. The Bertz CT molecular complexity index is 209. The third-order valence-electron chi connectivity index (χ3n) is 2.98. The molecule has 1 aliphatic rings. The van der Waals surface area contributed by atoms with Gasteiger partial charge in [0.25, 0.3) is 6.43 Å². The predicted molar refractivity (Wildman–Crippen MR) is 60.8 cm³/mol. The molecule has 0 radical (unpaired) electrons. The molecule has 96 valence electrons. The highest BCUT2D eigenvalue weighted by atomic mass is 35.5. The molecule has 0 aliphatic heterocycles. The molecule has 0 heterocycles. The molecule has 1 aliphatic carbocycles. The smallest absolute Gasteiger partial charge is 0.255 e. The molecular weight excluding hydrogens is 238 g/mol. The second kappa shape index (κ2) is 7.79. The van der Waals surface area contributed by atoms with Crippen LogP contribution in [-0.2, 0) is 4.79 Å². The number of rotatable bonds is 4. The van der Waals surface area contributed by atoms with Gasteiger partial charge < -0.3 is 11.1 Å².